The number of halogens is 3. The van der Waals surface area contributed by atoms with Gasteiger partial charge in [0.15, 0.2) is 9.84 Å². The van der Waals surface area contributed by atoms with Gasteiger partial charge < -0.3 is 5.32 Å². The molecule has 0 saturated carbocycles. The first-order valence-corrected chi connectivity index (χ1v) is 9.79. The quantitative estimate of drug-likeness (QED) is 0.809. The number of alkyl halides is 3. The molecule has 9 heteroatoms. The van der Waals surface area contributed by atoms with Crippen molar-refractivity contribution < 1.29 is 26.4 Å². The lowest BCUT2D eigenvalue weighted by Gasteiger charge is -2.19. The van der Waals surface area contributed by atoms with Crippen LogP contribution in [0.4, 0.5) is 18.9 Å². The fourth-order valence-electron chi connectivity index (χ4n) is 2.51. The normalized spacial score (nSPS) is 12.2. The predicted octanol–water partition coefficient (Wildman–Crippen LogP) is 3.18. The average Bonchev–Trinajstić information content (AvgIpc) is 2.53. The third-order valence-electron chi connectivity index (χ3n) is 3.74. The third-order valence-corrected chi connectivity index (χ3v) is 4.87. The molecule has 5 nitrogen and oxygen atoms in total. The third kappa shape index (κ3) is 6.07. The first-order valence-electron chi connectivity index (χ1n) is 7.90. The second kappa shape index (κ2) is 8.10. The summed E-state index contributed by atoms with van der Waals surface area (Å²) in [5.74, 6) is -0.422. The van der Waals surface area contributed by atoms with Crippen molar-refractivity contribution in [1.29, 1.82) is 0 Å². The monoisotopic (exact) mass is 400 g/mol. The Morgan fingerprint density at radius 2 is 1.67 bits per heavy atom. The highest BCUT2D eigenvalue weighted by atomic mass is 32.2. The Kier molecular flexibility index (Phi) is 6.27. The van der Waals surface area contributed by atoms with E-state index < -0.39 is 27.5 Å². The molecule has 2 rings (SSSR count). The van der Waals surface area contributed by atoms with Gasteiger partial charge in [0, 0.05) is 18.5 Å². The standard InChI is InChI=1S/C18H19F3N2O3S/c1-23(11-13-5-3-4-6-16(13)18(19,20)21)12-17(24)22-14-7-9-15(10-8-14)27(2,25)26/h3-10H,11-12H2,1-2H3,(H,22,24). The lowest BCUT2D eigenvalue weighted by Crippen LogP contribution is -2.30. The number of carbonyl (C=O) groups is 1. The number of nitrogens with one attached hydrogen (secondary N) is 1. The second-order valence-electron chi connectivity index (χ2n) is 6.17. The molecule has 2 aromatic carbocycles. The van der Waals surface area contributed by atoms with E-state index in [1.165, 1.54) is 47.4 Å². The Morgan fingerprint density at radius 3 is 2.22 bits per heavy atom. The molecule has 0 fully saturated rings. The predicted molar refractivity (Wildman–Crippen MR) is 96.0 cm³/mol. The first kappa shape index (κ1) is 20.9. The smallest absolute Gasteiger partial charge is 0.325 e. The summed E-state index contributed by atoms with van der Waals surface area (Å²) in [5.41, 5.74) is -0.247. The minimum absolute atomic E-state index is 0.0455. The van der Waals surface area contributed by atoms with Crippen molar-refractivity contribution in [2.75, 3.05) is 25.2 Å². The van der Waals surface area contributed by atoms with Gasteiger partial charge in [-0.3, -0.25) is 9.69 Å². The van der Waals surface area contributed by atoms with Crippen LogP contribution >= 0.6 is 0 Å². The molecule has 27 heavy (non-hydrogen) atoms. The largest absolute Gasteiger partial charge is 0.416 e. The van der Waals surface area contributed by atoms with Gasteiger partial charge in [-0.05, 0) is 42.9 Å². The van der Waals surface area contributed by atoms with Crippen LogP contribution in [0.5, 0.6) is 0 Å². The van der Waals surface area contributed by atoms with E-state index in [1.807, 2.05) is 0 Å². The highest BCUT2D eigenvalue weighted by Gasteiger charge is 2.33. The average molecular weight is 400 g/mol. The van der Waals surface area contributed by atoms with Gasteiger partial charge in [-0.15, -0.1) is 0 Å². The fraction of sp³-hybridized carbons (Fsp3) is 0.278. The van der Waals surface area contributed by atoms with Gasteiger partial charge >= 0.3 is 6.18 Å². The van der Waals surface area contributed by atoms with Crippen LogP contribution in [0.1, 0.15) is 11.1 Å². The molecule has 1 N–H and O–H groups in total. The van der Waals surface area contributed by atoms with Crippen LogP contribution in [0.2, 0.25) is 0 Å². The molecule has 1 amide bonds. The summed E-state index contributed by atoms with van der Waals surface area (Å²) in [6.45, 7) is -0.170. The zero-order chi connectivity index (χ0) is 20.2. The maximum absolute atomic E-state index is 13.0. The van der Waals surface area contributed by atoms with Crippen LogP contribution < -0.4 is 5.32 Å². The van der Waals surface area contributed by atoms with Crippen molar-refractivity contribution in [1.82, 2.24) is 4.90 Å². The molecule has 0 heterocycles. The van der Waals surface area contributed by atoms with Crippen molar-refractivity contribution in [3.05, 3.63) is 59.7 Å². The van der Waals surface area contributed by atoms with Gasteiger partial charge in [-0.25, -0.2) is 8.42 Å². The number of hydrogen-bond donors (Lipinski definition) is 1. The van der Waals surface area contributed by atoms with Gasteiger partial charge in [0.05, 0.1) is 17.0 Å². The van der Waals surface area contributed by atoms with Crippen LogP contribution in [0, 0.1) is 0 Å². The minimum Gasteiger partial charge on any atom is -0.325 e. The fourth-order valence-corrected chi connectivity index (χ4v) is 3.14. The topological polar surface area (TPSA) is 66.5 Å². The molecular formula is C18H19F3N2O3S. The van der Waals surface area contributed by atoms with Gasteiger partial charge in [-0.1, -0.05) is 18.2 Å². The van der Waals surface area contributed by atoms with E-state index in [-0.39, 0.29) is 23.5 Å². The maximum atomic E-state index is 13.0. The van der Waals surface area contributed by atoms with Crippen LogP contribution in [0.25, 0.3) is 0 Å². The van der Waals surface area contributed by atoms with Gasteiger partial charge in [0.2, 0.25) is 5.91 Å². The summed E-state index contributed by atoms with van der Waals surface area (Å²) >= 11 is 0. The number of benzene rings is 2. The zero-order valence-corrected chi connectivity index (χ0v) is 15.6. The Balaban J connectivity index is 1.99. The van der Waals surface area contributed by atoms with Gasteiger partial charge in [-0.2, -0.15) is 13.2 Å². The molecular weight excluding hydrogens is 381 g/mol. The van der Waals surface area contributed by atoms with E-state index >= 15 is 0 Å². The summed E-state index contributed by atoms with van der Waals surface area (Å²) in [5, 5.41) is 2.58. The molecule has 2 aromatic rings. The van der Waals surface area contributed by atoms with Crippen LogP contribution in [0.3, 0.4) is 0 Å². The van der Waals surface area contributed by atoms with E-state index in [4.69, 9.17) is 0 Å². The van der Waals surface area contributed by atoms with Crippen molar-refractivity contribution in [2.45, 2.75) is 17.6 Å². The van der Waals surface area contributed by atoms with Crippen LogP contribution in [-0.2, 0) is 27.4 Å². The molecule has 146 valence electrons. The molecule has 0 unspecified atom stereocenters. The van der Waals surface area contributed by atoms with E-state index in [1.54, 1.807) is 7.05 Å². The molecule has 0 aliphatic carbocycles. The Morgan fingerprint density at radius 1 is 1.07 bits per heavy atom. The van der Waals surface area contributed by atoms with Gasteiger partial charge in [0.1, 0.15) is 0 Å². The summed E-state index contributed by atoms with van der Waals surface area (Å²) in [6.07, 6.45) is -3.38. The van der Waals surface area contributed by atoms with Crippen LogP contribution in [0.15, 0.2) is 53.4 Å². The number of carbonyl (C=O) groups excluding carboxylic acids is 1. The number of rotatable bonds is 6. The van der Waals surface area contributed by atoms with Crippen molar-refractivity contribution >= 4 is 21.4 Å². The Labute approximate surface area is 155 Å². The Bertz CT molecular complexity index is 910. The summed E-state index contributed by atoms with van der Waals surface area (Å²) in [4.78, 5) is 13.7. The number of anilines is 1. The first-order chi connectivity index (χ1) is 12.5. The molecule has 0 saturated heterocycles. The molecule has 0 aromatic heterocycles. The number of nitrogens with zero attached hydrogens (tertiary/aromatic N) is 1. The van der Waals surface area contributed by atoms with Crippen LogP contribution in [-0.4, -0.2) is 39.1 Å². The number of amides is 1. The number of sulfone groups is 1. The van der Waals surface area contributed by atoms with E-state index in [0.29, 0.717) is 5.69 Å². The molecule has 0 atom stereocenters. The van der Waals surface area contributed by atoms with E-state index in [9.17, 15) is 26.4 Å². The lowest BCUT2D eigenvalue weighted by atomic mass is 10.1. The van der Waals surface area contributed by atoms with E-state index in [2.05, 4.69) is 5.32 Å². The SMILES string of the molecule is CN(CC(=O)Nc1ccc(S(C)(=O)=O)cc1)Cc1ccccc1C(F)(F)F. The molecule has 0 bridgehead atoms. The second-order valence-corrected chi connectivity index (χ2v) is 8.19. The zero-order valence-electron chi connectivity index (χ0n) is 14.7. The van der Waals surface area contributed by atoms with Crippen molar-refractivity contribution in [3.63, 3.8) is 0 Å². The Hall–Kier alpha value is -2.39. The minimum atomic E-state index is -4.46. The molecule has 0 aliphatic heterocycles. The van der Waals surface area contributed by atoms with Gasteiger partial charge in [0.25, 0.3) is 0 Å². The maximum Gasteiger partial charge on any atom is 0.416 e. The van der Waals surface area contributed by atoms with E-state index in [0.717, 1.165) is 12.3 Å². The summed E-state index contributed by atoms with van der Waals surface area (Å²) in [7, 11) is -1.79. The van der Waals surface area contributed by atoms with Crippen molar-refractivity contribution in [3.8, 4) is 0 Å². The summed E-state index contributed by atoms with van der Waals surface area (Å²) < 4.78 is 61.9. The molecule has 0 spiro atoms. The lowest BCUT2D eigenvalue weighted by molar-refractivity contribution is -0.138. The highest BCUT2D eigenvalue weighted by Crippen LogP contribution is 2.32. The summed E-state index contributed by atoms with van der Waals surface area (Å²) in [6, 6.07) is 10.9. The number of hydrogen-bond acceptors (Lipinski definition) is 4. The molecule has 0 radical (unpaired) electrons. The number of likely N-dealkylation sites (N-methyl/N-ethyl adjacent to an activating group) is 1. The highest BCUT2D eigenvalue weighted by molar-refractivity contribution is 7.90. The molecule has 0 aliphatic rings. The van der Waals surface area contributed by atoms with Crippen molar-refractivity contribution in [2.24, 2.45) is 0 Å².